The fourth-order valence-corrected chi connectivity index (χ4v) is 2.40. The Hall–Kier alpha value is -1.62. The van der Waals surface area contributed by atoms with Crippen molar-refractivity contribution >= 4 is 11.7 Å². The Bertz CT molecular complexity index is 435. The van der Waals surface area contributed by atoms with Gasteiger partial charge in [-0.2, -0.15) is 0 Å². The molecule has 1 aliphatic heterocycles. The summed E-state index contributed by atoms with van der Waals surface area (Å²) in [4.78, 5) is 18.6. The molecule has 1 aromatic rings. The number of carbonyl (C=O) groups is 1. The Morgan fingerprint density at radius 2 is 2.42 bits per heavy atom. The van der Waals surface area contributed by atoms with Crippen molar-refractivity contribution in [2.75, 3.05) is 32.0 Å². The maximum atomic E-state index is 12.2. The number of hydrogen-bond acceptors (Lipinski definition) is 4. The molecule has 5 heteroatoms. The highest BCUT2D eigenvalue weighted by Crippen LogP contribution is 2.10. The summed E-state index contributed by atoms with van der Waals surface area (Å²) < 4.78 is 0. The molecular weight excluding hydrogens is 240 g/mol. The first-order valence-corrected chi connectivity index (χ1v) is 6.88. The lowest BCUT2D eigenvalue weighted by Gasteiger charge is -2.30. The number of amides is 1. The lowest BCUT2D eigenvalue weighted by atomic mass is 10.1. The molecule has 0 aliphatic carbocycles. The summed E-state index contributed by atoms with van der Waals surface area (Å²) in [6.07, 6.45) is 3.86. The molecule has 104 valence electrons. The summed E-state index contributed by atoms with van der Waals surface area (Å²) in [5.41, 5.74) is 0.666. The molecule has 19 heavy (non-hydrogen) atoms. The number of rotatable bonds is 4. The van der Waals surface area contributed by atoms with Gasteiger partial charge >= 0.3 is 0 Å². The smallest absolute Gasteiger partial charge is 0.251 e. The lowest BCUT2D eigenvalue weighted by Crippen LogP contribution is -2.46. The van der Waals surface area contributed by atoms with Crippen LogP contribution in [-0.4, -0.2) is 48.5 Å². The van der Waals surface area contributed by atoms with Crippen molar-refractivity contribution < 1.29 is 4.79 Å². The second kappa shape index (κ2) is 6.52. The van der Waals surface area contributed by atoms with E-state index >= 15 is 0 Å². The van der Waals surface area contributed by atoms with Gasteiger partial charge in [0.05, 0.1) is 0 Å². The van der Waals surface area contributed by atoms with Crippen LogP contribution in [0.5, 0.6) is 0 Å². The maximum absolute atomic E-state index is 12.2. The van der Waals surface area contributed by atoms with Crippen LogP contribution in [0.25, 0.3) is 0 Å². The molecule has 1 atom stereocenters. The second-order valence-corrected chi connectivity index (χ2v) is 5.03. The van der Waals surface area contributed by atoms with Crippen LogP contribution in [0.1, 0.15) is 30.1 Å². The summed E-state index contributed by atoms with van der Waals surface area (Å²) in [5.74, 6) is 0.734. The number of pyridine rings is 1. The van der Waals surface area contributed by atoms with E-state index in [1.54, 1.807) is 18.3 Å². The molecule has 1 fully saturated rings. The van der Waals surface area contributed by atoms with Gasteiger partial charge < -0.3 is 15.5 Å². The van der Waals surface area contributed by atoms with E-state index in [0.717, 1.165) is 38.3 Å². The molecule has 2 heterocycles. The van der Waals surface area contributed by atoms with Gasteiger partial charge in [0.1, 0.15) is 5.82 Å². The van der Waals surface area contributed by atoms with Crippen LogP contribution in [0.2, 0.25) is 0 Å². The highest BCUT2D eigenvalue weighted by molar-refractivity contribution is 5.95. The van der Waals surface area contributed by atoms with E-state index in [9.17, 15) is 4.79 Å². The van der Waals surface area contributed by atoms with Gasteiger partial charge in [0.25, 0.3) is 5.91 Å². The van der Waals surface area contributed by atoms with Crippen LogP contribution in [0.4, 0.5) is 5.82 Å². The zero-order valence-corrected chi connectivity index (χ0v) is 11.6. The van der Waals surface area contributed by atoms with Crippen LogP contribution in [-0.2, 0) is 0 Å². The number of likely N-dealkylation sites (N-methyl/N-ethyl adjacent to an activating group) is 1. The molecular formula is C14H22N4O. The molecule has 1 aliphatic rings. The maximum Gasteiger partial charge on any atom is 0.251 e. The monoisotopic (exact) mass is 262 g/mol. The van der Waals surface area contributed by atoms with Gasteiger partial charge in [0, 0.05) is 30.9 Å². The number of aromatic nitrogens is 1. The highest BCUT2D eigenvalue weighted by Gasteiger charge is 2.19. The third kappa shape index (κ3) is 3.92. The van der Waals surface area contributed by atoms with Crippen molar-refractivity contribution in [3.8, 4) is 0 Å². The van der Waals surface area contributed by atoms with Gasteiger partial charge in [-0.15, -0.1) is 0 Å². The summed E-state index contributed by atoms with van der Waals surface area (Å²) >= 11 is 0. The average molecular weight is 262 g/mol. The van der Waals surface area contributed by atoms with Crippen LogP contribution >= 0.6 is 0 Å². The van der Waals surface area contributed by atoms with Crippen LogP contribution < -0.4 is 10.6 Å². The normalized spacial score (nSPS) is 20.0. The van der Waals surface area contributed by atoms with Crippen LogP contribution in [0.3, 0.4) is 0 Å². The quantitative estimate of drug-likeness (QED) is 0.859. The van der Waals surface area contributed by atoms with Gasteiger partial charge in [-0.3, -0.25) is 4.79 Å². The third-order valence-electron chi connectivity index (χ3n) is 3.34. The molecule has 2 rings (SSSR count). The van der Waals surface area contributed by atoms with Gasteiger partial charge in [0.2, 0.25) is 0 Å². The largest absolute Gasteiger partial charge is 0.370 e. The minimum absolute atomic E-state index is 0.0122. The van der Waals surface area contributed by atoms with E-state index in [1.807, 2.05) is 6.92 Å². The van der Waals surface area contributed by atoms with Gasteiger partial charge in [-0.1, -0.05) is 0 Å². The fraction of sp³-hybridized carbons (Fsp3) is 0.571. The van der Waals surface area contributed by atoms with E-state index in [0.29, 0.717) is 5.56 Å². The predicted molar refractivity (Wildman–Crippen MR) is 76.4 cm³/mol. The summed E-state index contributed by atoms with van der Waals surface area (Å²) in [6.45, 7) is 4.85. The summed E-state index contributed by atoms with van der Waals surface area (Å²) in [7, 11) is 2.09. The molecule has 0 spiro atoms. The molecule has 0 aromatic carbocycles. The first kappa shape index (κ1) is 13.8. The van der Waals surface area contributed by atoms with Crippen LogP contribution in [0, 0.1) is 0 Å². The van der Waals surface area contributed by atoms with E-state index < -0.39 is 0 Å². The Balaban J connectivity index is 1.97. The van der Waals surface area contributed by atoms with Crippen molar-refractivity contribution in [2.24, 2.45) is 0 Å². The number of piperidine rings is 1. The van der Waals surface area contributed by atoms with Crippen molar-refractivity contribution in [3.05, 3.63) is 23.9 Å². The van der Waals surface area contributed by atoms with Crippen molar-refractivity contribution in [2.45, 2.75) is 25.8 Å². The molecule has 1 unspecified atom stereocenters. The molecule has 0 saturated carbocycles. The second-order valence-electron chi connectivity index (χ2n) is 5.03. The number of anilines is 1. The SMILES string of the molecule is CCNc1cc(C(=O)NC2CCCN(C)C2)ccn1. The molecule has 5 nitrogen and oxygen atoms in total. The topological polar surface area (TPSA) is 57.3 Å². The molecule has 1 saturated heterocycles. The molecule has 1 aromatic heterocycles. The highest BCUT2D eigenvalue weighted by atomic mass is 16.1. The fourth-order valence-electron chi connectivity index (χ4n) is 2.40. The molecule has 0 bridgehead atoms. The average Bonchev–Trinajstić information content (AvgIpc) is 2.39. The Kier molecular flexibility index (Phi) is 4.74. The summed E-state index contributed by atoms with van der Waals surface area (Å²) in [5, 5.41) is 6.21. The Labute approximate surface area is 114 Å². The van der Waals surface area contributed by atoms with Gasteiger partial charge in [-0.25, -0.2) is 4.98 Å². The van der Waals surface area contributed by atoms with E-state index in [-0.39, 0.29) is 11.9 Å². The zero-order valence-electron chi connectivity index (χ0n) is 11.6. The first-order chi connectivity index (χ1) is 9.19. The van der Waals surface area contributed by atoms with E-state index in [2.05, 4.69) is 27.6 Å². The van der Waals surface area contributed by atoms with Crippen molar-refractivity contribution in [1.82, 2.24) is 15.2 Å². The molecule has 2 N–H and O–H groups in total. The minimum atomic E-state index is -0.0122. The van der Waals surface area contributed by atoms with Crippen molar-refractivity contribution in [1.29, 1.82) is 0 Å². The number of nitrogens with zero attached hydrogens (tertiary/aromatic N) is 2. The standard InChI is InChI=1S/C14H22N4O/c1-3-15-13-9-11(6-7-16-13)14(19)17-12-5-4-8-18(2)10-12/h6-7,9,12H,3-5,8,10H2,1-2H3,(H,15,16)(H,17,19). The number of carbonyl (C=O) groups excluding carboxylic acids is 1. The van der Waals surface area contributed by atoms with Gasteiger partial charge in [0.15, 0.2) is 0 Å². The number of likely N-dealkylation sites (tertiary alicyclic amines) is 1. The zero-order chi connectivity index (χ0) is 13.7. The van der Waals surface area contributed by atoms with E-state index in [4.69, 9.17) is 0 Å². The summed E-state index contributed by atoms with van der Waals surface area (Å²) in [6, 6.07) is 3.80. The van der Waals surface area contributed by atoms with Crippen molar-refractivity contribution in [3.63, 3.8) is 0 Å². The number of hydrogen-bond donors (Lipinski definition) is 2. The van der Waals surface area contributed by atoms with Gasteiger partial charge in [-0.05, 0) is 45.5 Å². The predicted octanol–water partition coefficient (Wildman–Crippen LogP) is 1.34. The Morgan fingerprint density at radius 3 is 3.16 bits per heavy atom. The molecule has 0 radical (unpaired) electrons. The minimum Gasteiger partial charge on any atom is -0.370 e. The van der Waals surface area contributed by atoms with E-state index in [1.165, 1.54) is 0 Å². The third-order valence-corrected chi connectivity index (χ3v) is 3.34. The Morgan fingerprint density at radius 1 is 1.58 bits per heavy atom. The van der Waals surface area contributed by atoms with Crippen LogP contribution in [0.15, 0.2) is 18.3 Å². The number of nitrogens with one attached hydrogen (secondary N) is 2. The molecule has 1 amide bonds. The first-order valence-electron chi connectivity index (χ1n) is 6.88. The lowest BCUT2D eigenvalue weighted by molar-refractivity contribution is 0.0912.